The number of carboxylic acid groups (broad SMARTS) is 1. The highest BCUT2D eigenvalue weighted by atomic mass is 32.2. The summed E-state index contributed by atoms with van der Waals surface area (Å²) in [6, 6.07) is -0.830. The molecule has 1 atom stereocenters. The molecule has 100 valence electrons. The van der Waals surface area contributed by atoms with E-state index in [0.29, 0.717) is 17.9 Å². The van der Waals surface area contributed by atoms with E-state index in [-0.39, 0.29) is 12.2 Å². The van der Waals surface area contributed by atoms with E-state index in [1.165, 1.54) is 18.7 Å². The van der Waals surface area contributed by atoms with E-state index in [4.69, 9.17) is 14.6 Å². The summed E-state index contributed by atoms with van der Waals surface area (Å²) in [6.07, 6.45) is 0.0868. The largest absolute Gasteiger partial charge is 0.480 e. The molecule has 0 aromatic rings. The molecule has 0 rings (SSSR count). The molecule has 6 nitrogen and oxygen atoms in total. The third-order valence-electron chi connectivity index (χ3n) is 2.01. The van der Waals surface area contributed by atoms with Gasteiger partial charge in [0.25, 0.3) is 0 Å². The summed E-state index contributed by atoms with van der Waals surface area (Å²) in [6.45, 7) is 1.30. The first kappa shape index (κ1) is 16.2. The van der Waals surface area contributed by atoms with Crippen molar-refractivity contribution >= 4 is 23.6 Å². The van der Waals surface area contributed by atoms with Crippen LogP contribution in [0.4, 0.5) is 0 Å². The fourth-order valence-electron chi connectivity index (χ4n) is 1.12. The lowest BCUT2D eigenvalue weighted by atomic mass is 10.2. The monoisotopic (exact) mass is 265 g/mol. The maximum Gasteiger partial charge on any atom is 0.326 e. The Bertz CT molecular complexity index is 245. The van der Waals surface area contributed by atoms with Gasteiger partial charge in [-0.15, -0.1) is 0 Å². The van der Waals surface area contributed by atoms with E-state index < -0.39 is 12.0 Å². The Hall–Kier alpha value is -0.790. The Morgan fingerprint density at radius 2 is 1.94 bits per heavy atom. The van der Waals surface area contributed by atoms with Crippen LogP contribution in [0, 0.1) is 0 Å². The number of nitrogens with one attached hydrogen (secondary N) is 1. The number of methoxy groups -OCH3 is 2. The van der Waals surface area contributed by atoms with E-state index in [2.05, 4.69) is 5.32 Å². The zero-order chi connectivity index (χ0) is 13.3. The lowest BCUT2D eigenvalue weighted by molar-refractivity contribution is -0.141. The molecule has 0 spiro atoms. The van der Waals surface area contributed by atoms with Crippen molar-refractivity contribution in [2.45, 2.75) is 25.7 Å². The second-order valence-electron chi connectivity index (χ2n) is 3.36. The van der Waals surface area contributed by atoms with Crippen LogP contribution >= 0.6 is 11.8 Å². The lowest BCUT2D eigenvalue weighted by Gasteiger charge is -2.15. The van der Waals surface area contributed by atoms with Crippen molar-refractivity contribution in [3.05, 3.63) is 0 Å². The van der Waals surface area contributed by atoms with E-state index >= 15 is 0 Å². The quantitative estimate of drug-likeness (QED) is 0.461. The zero-order valence-electron chi connectivity index (χ0n) is 10.3. The first-order chi connectivity index (χ1) is 8.01. The minimum atomic E-state index is -1.02. The van der Waals surface area contributed by atoms with Crippen LogP contribution in [0.5, 0.6) is 0 Å². The van der Waals surface area contributed by atoms with Gasteiger partial charge in [-0.25, -0.2) is 4.79 Å². The minimum Gasteiger partial charge on any atom is -0.480 e. The summed E-state index contributed by atoms with van der Waals surface area (Å²) in [5, 5.41) is 11.2. The van der Waals surface area contributed by atoms with Crippen molar-refractivity contribution in [1.29, 1.82) is 0 Å². The van der Waals surface area contributed by atoms with Crippen molar-refractivity contribution in [2.75, 3.05) is 25.7 Å². The second-order valence-corrected chi connectivity index (χ2v) is 4.51. The number of amides is 1. The Kier molecular flexibility index (Phi) is 8.83. The van der Waals surface area contributed by atoms with Crippen LogP contribution in [0.15, 0.2) is 0 Å². The molecule has 0 aliphatic rings. The lowest BCUT2D eigenvalue weighted by Crippen LogP contribution is -2.40. The molecule has 0 bridgehead atoms. The van der Waals surface area contributed by atoms with Crippen molar-refractivity contribution in [1.82, 2.24) is 5.32 Å². The van der Waals surface area contributed by atoms with Crippen molar-refractivity contribution < 1.29 is 24.2 Å². The highest BCUT2D eigenvalue weighted by Gasteiger charge is 2.17. The maximum atomic E-state index is 10.8. The molecule has 17 heavy (non-hydrogen) atoms. The van der Waals surface area contributed by atoms with E-state index in [9.17, 15) is 9.59 Å². The van der Waals surface area contributed by atoms with E-state index in [1.54, 1.807) is 14.2 Å². The number of carbonyl (C=O) groups excluding carboxylic acids is 1. The van der Waals surface area contributed by atoms with Crippen LogP contribution in [-0.2, 0) is 19.1 Å². The Morgan fingerprint density at radius 3 is 2.35 bits per heavy atom. The second kappa shape index (κ2) is 9.26. The van der Waals surface area contributed by atoms with Gasteiger partial charge in [0, 0.05) is 26.9 Å². The van der Waals surface area contributed by atoms with Crippen molar-refractivity contribution in [3.63, 3.8) is 0 Å². The number of thioether (sulfide) groups is 1. The van der Waals surface area contributed by atoms with Crippen molar-refractivity contribution in [3.8, 4) is 0 Å². The van der Waals surface area contributed by atoms with Gasteiger partial charge in [0.15, 0.2) is 6.29 Å². The minimum absolute atomic E-state index is 0.288. The van der Waals surface area contributed by atoms with Gasteiger partial charge < -0.3 is 19.9 Å². The Morgan fingerprint density at radius 1 is 1.35 bits per heavy atom. The highest BCUT2D eigenvalue weighted by molar-refractivity contribution is 7.99. The summed E-state index contributed by atoms with van der Waals surface area (Å²) in [5.41, 5.74) is 0. The number of ether oxygens (including phenoxy) is 2. The van der Waals surface area contributed by atoms with E-state index in [0.717, 1.165) is 0 Å². The molecule has 0 fully saturated rings. The van der Waals surface area contributed by atoms with E-state index in [1.807, 2.05) is 0 Å². The molecular weight excluding hydrogens is 246 g/mol. The van der Waals surface area contributed by atoms with Crippen LogP contribution in [0.2, 0.25) is 0 Å². The molecule has 7 heteroatoms. The maximum absolute atomic E-state index is 10.8. The summed E-state index contributed by atoms with van der Waals surface area (Å²) in [7, 11) is 3.10. The molecule has 0 aliphatic heterocycles. The number of carboxylic acids is 1. The van der Waals surface area contributed by atoms with Crippen LogP contribution in [0.3, 0.4) is 0 Å². The average Bonchev–Trinajstić information content (AvgIpc) is 2.27. The van der Waals surface area contributed by atoms with Gasteiger partial charge in [-0.2, -0.15) is 11.8 Å². The smallest absolute Gasteiger partial charge is 0.326 e. The molecule has 0 aromatic carbocycles. The van der Waals surface area contributed by atoms with Gasteiger partial charge in [0.1, 0.15) is 6.04 Å². The third kappa shape index (κ3) is 8.00. The molecule has 0 saturated carbocycles. The van der Waals surface area contributed by atoms with Crippen LogP contribution in [-0.4, -0.2) is 55.0 Å². The van der Waals surface area contributed by atoms with Gasteiger partial charge in [0.2, 0.25) is 5.91 Å². The molecule has 0 aliphatic carbocycles. The number of hydrogen-bond acceptors (Lipinski definition) is 5. The van der Waals surface area contributed by atoms with Crippen molar-refractivity contribution in [2.24, 2.45) is 0 Å². The van der Waals surface area contributed by atoms with Gasteiger partial charge in [0.05, 0.1) is 0 Å². The van der Waals surface area contributed by atoms with Gasteiger partial charge in [-0.3, -0.25) is 4.79 Å². The molecule has 0 radical (unpaired) electrons. The Labute approximate surface area is 105 Å². The van der Waals surface area contributed by atoms with Gasteiger partial charge >= 0.3 is 5.97 Å². The molecular formula is C10H19NO5S. The summed E-state index contributed by atoms with van der Waals surface area (Å²) in [5.74, 6) is -0.121. The average molecular weight is 265 g/mol. The summed E-state index contributed by atoms with van der Waals surface area (Å²) < 4.78 is 9.98. The predicted molar refractivity (Wildman–Crippen MR) is 65.0 cm³/mol. The third-order valence-corrected chi connectivity index (χ3v) is 3.04. The molecule has 0 aromatic heterocycles. The molecule has 1 amide bonds. The molecule has 0 heterocycles. The summed E-state index contributed by atoms with van der Waals surface area (Å²) in [4.78, 5) is 21.6. The normalized spacial score (nSPS) is 12.5. The molecule has 1 unspecified atom stereocenters. The first-order valence-corrected chi connectivity index (χ1v) is 6.30. The number of aliphatic carboxylic acids is 1. The fraction of sp³-hybridized carbons (Fsp3) is 0.800. The van der Waals surface area contributed by atoms with Crippen LogP contribution in [0.25, 0.3) is 0 Å². The topological polar surface area (TPSA) is 84.9 Å². The summed E-state index contributed by atoms with van der Waals surface area (Å²) >= 11 is 1.52. The Balaban J connectivity index is 3.82. The predicted octanol–water partition coefficient (Wildman–Crippen LogP) is 0.318. The van der Waals surface area contributed by atoms with Crippen LogP contribution in [0.1, 0.15) is 13.3 Å². The fourth-order valence-corrected chi connectivity index (χ4v) is 2.15. The SMILES string of the molecule is COC(CSCCC(NC(C)=O)C(=O)O)OC. The first-order valence-electron chi connectivity index (χ1n) is 5.14. The molecule has 2 N–H and O–H groups in total. The number of rotatable bonds is 9. The highest BCUT2D eigenvalue weighted by Crippen LogP contribution is 2.09. The van der Waals surface area contributed by atoms with Gasteiger partial charge in [-0.1, -0.05) is 0 Å². The standard InChI is InChI=1S/C10H19NO5S/c1-7(12)11-8(10(13)14)4-5-17-6-9(15-2)16-3/h8-9H,4-6H2,1-3H3,(H,11,12)(H,13,14). The zero-order valence-corrected chi connectivity index (χ0v) is 11.1. The number of carbonyl (C=O) groups is 2. The number of hydrogen-bond donors (Lipinski definition) is 2. The van der Waals surface area contributed by atoms with Gasteiger partial charge in [-0.05, 0) is 12.2 Å². The van der Waals surface area contributed by atoms with Crippen LogP contribution < -0.4 is 5.32 Å². The molecule has 0 saturated heterocycles.